The van der Waals surface area contributed by atoms with Crippen LogP contribution in [-0.2, 0) is 16.0 Å². The van der Waals surface area contributed by atoms with Gasteiger partial charge in [0, 0.05) is 4.90 Å². The predicted octanol–water partition coefficient (Wildman–Crippen LogP) is 0.957. The van der Waals surface area contributed by atoms with E-state index in [1.165, 1.54) is 7.11 Å². The predicted molar refractivity (Wildman–Crippen MR) is 51.9 cm³/mol. The molecule has 5 heteroatoms. The lowest BCUT2D eigenvalue weighted by molar-refractivity contribution is -0.139. The molecule has 1 heterocycles. The summed E-state index contributed by atoms with van der Waals surface area (Å²) in [6.45, 7) is 0. The zero-order valence-electron chi connectivity index (χ0n) is 7.52. The minimum absolute atomic E-state index is 0.0326. The van der Waals surface area contributed by atoms with E-state index in [4.69, 9.17) is 5.26 Å². The summed E-state index contributed by atoms with van der Waals surface area (Å²) < 4.78 is 4.49. The van der Waals surface area contributed by atoms with Crippen LogP contribution in [0.2, 0.25) is 0 Å². The third-order valence-electron chi connectivity index (χ3n) is 1.60. The van der Waals surface area contributed by atoms with Gasteiger partial charge >= 0.3 is 5.97 Å². The molecule has 0 saturated heterocycles. The molecule has 0 aliphatic rings. The van der Waals surface area contributed by atoms with Crippen LogP contribution in [0.5, 0.6) is 0 Å². The highest BCUT2D eigenvalue weighted by molar-refractivity contribution is 7.80. The van der Waals surface area contributed by atoms with Gasteiger partial charge < -0.3 is 4.74 Å². The van der Waals surface area contributed by atoms with Crippen LogP contribution in [0.3, 0.4) is 0 Å². The summed E-state index contributed by atoms with van der Waals surface area (Å²) in [5.41, 5.74) is 0.723. The molecule has 72 valence electrons. The van der Waals surface area contributed by atoms with Gasteiger partial charge in [-0.3, -0.25) is 4.79 Å². The summed E-state index contributed by atoms with van der Waals surface area (Å²) in [6, 6.07) is 5.07. The van der Waals surface area contributed by atoms with E-state index in [-0.39, 0.29) is 12.1 Å². The Labute approximate surface area is 86.9 Å². The normalized spacial score (nSPS) is 9.21. The molecule has 4 nitrogen and oxygen atoms in total. The summed E-state index contributed by atoms with van der Waals surface area (Å²) in [4.78, 5) is 15.5. The van der Waals surface area contributed by atoms with Crippen LogP contribution >= 0.6 is 12.6 Å². The lowest BCUT2D eigenvalue weighted by Crippen LogP contribution is -2.07. The monoisotopic (exact) mass is 208 g/mol. The van der Waals surface area contributed by atoms with Crippen LogP contribution < -0.4 is 0 Å². The van der Waals surface area contributed by atoms with Crippen molar-refractivity contribution in [2.45, 2.75) is 11.3 Å². The molecule has 0 aromatic carbocycles. The van der Waals surface area contributed by atoms with Gasteiger partial charge in [-0.2, -0.15) is 5.26 Å². The number of thiol groups is 1. The zero-order valence-corrected chi connectivity index (χ0v) is 8.41. The van der Waals surface area contributed by atoms with Crippen molar-refractivity contribution in [1.29, 1.82) is 5.26 Å². The second-order valence-corrected chi connectivity index (χ2v) is 3.01. The summed E-state index contributed by atoms with van der Waals surface area (Å²) in [6.07, 6.45) is 0.0326. The van der Waals surface area contributed by atoms with Gasteiger partial charge in [0.05, 0.1) is 19.2 Å². The third kappa shape index (κ3) is 2.47. The van der Waals surface area contributed by atoms with Crippen molar-refractivity contribution in [1.82, 2.24) is 4.98 Å². The van der Waals surface area contributed by atoms with Gasteiger partial charge in [-0.25, -0.2) is 4.98 Å². The van der Waals surface area contributed by atoms with Gasteiger partial charge in [0.1, 0.15) is 11.8 Å². The fourth-order valence-electron chi connectivity index (χ4n) is 0.895. The maximum Gasteiger partial charge on any atom is 0.311 e. The first-order valence-corrected chi connectivity index (χ1v) is 4.28. The molecule has 0 N–H and O–H groups in total. The molecule has 0 aliphatic heterocycles. The average molecular weight is 208 g/mol. The molecule has 0 spiro atoms. The standard InChI is InChI=1S/C9H8N2O2S/c1-13-9(12)4-7-8(14)3-2-6(5-10)11-7/h2-3,14H,4H2,1H3. The highest BCUT2D eigenvalue weighted by Gasteiger charge is 2.08. The molecule has 1 aromatic heterocycles. The molecule has 1 aromatic rings. The number of esters is 1. The summed E-state index contributed by atoms with van der Waals surface area (Å²) >= 11 is 4.12. The van der Waals surface area contributed by atoms with E-state index in [2.05, 4.69) is 22.3 Å². The Kier molecular flexibility index (Phi) is 3.48. The SMILES string of the molecule is COC(=O)Cc1nc(C#N)ccc1S. The summed E-state index contributed by atoms with van der Waals surface area (Å²) in [7, 11) is 1.30. The molecule has 0 fully saturated rings. The number of nitrogens with zero attached hydrogens (tertiary/aromatic N) is 2. The molecular weight excluding hydrogens is 200 g/mol. The molecule has 0 radical (unpaired) electrons. The number of methoxy groups -OCH3 is 1. The van der Waals surface area contributed by atoms with Crippen LogP contribution in [0.25, 0.3) is 0 Å². The fourth-order valence-corrected chi connectivity index (χ4v) is 1.10. The number of hydrogen-bond acceptors (Lipinski definition) is 5. The fraction of sp³-hybridized carbons (Fsp3) is 0.222. The molecule has 1 rings (SSSR count). The van der Waals surface area contributed by atoms with E-state index < -0.39 is 5.97 Å². The molecule has 0 atom stereocenters. The molecule has 14 heavy (non-hydrogen) atoms. The molecule has 0 saturated carbocycles. The molecule has 0 amide bonds. The maximum absolute atomic E-state index is 11.0. The Bertz CT molecular complexity index is 398. The van der Waals surface area contributed by atoms with Crippen LogP contribution in [0, 0.1) is 11.3 Å². The van der Waals surface area contributed by atoms with Gasteiger partial charge in [-0.1, -0.05) is 0 Å². The minimum Gasteiger partial charge on any atom is -0.469 e. The first-order chi connectivity index (χ1) is 6.67. The van der Waals surface area contributed by atoms with Crippen molar-refractivity contribution < 1.29 is 9.53 Å². The highest BCUT2D eigenvalue weighted by Crippen LogP contribution is 2.12. The molecule has 0 aliphatic carbocycles. The number of nitriles is 1. The molecule has 0 unspecified atom stereocenters. The number of pyridine rings is 1. The highest BCUT2D eigenvalue weighted by atomic mass is 32.1. The Morgan fingerprint density at radius 3 is 3.00 bits per heavy atom. The Balaban J connectivity index is 2.96. The van der Waals surface area contributed by atoms with Crippen molar-refractivity contribution in [2.75, 3.05) is 7.11 Å². The second kappa shape index (κ2) is 4.63. The Hall–Kier alpha value is -1.54. The summed E-state index contributed by atoms with van der Waals surface area (Å²) in [5, 5.41) is 8.59. The van der Waals surface area contributed by atoms with E-state index in [1.807, 2.05) is 6.07 Å². The van der Waals surface area contributed by atoms with Gasteiger partial charge in [0.15, 0.2) is 0 Å². The number of ether oxygens (including phenoxy) is 1. The average Bonchev–Trinajstić information content (AvgIpc) is 2.21. The Morgan fingerprint density at radius 1 is 1.71 bits per heavy atom. The van der Waals surface area contributed by atoms with Crippen molar-refractivity contribution in [3.05, 3.63) is 23.5 Å². The second-order valence-electron chi connectivity index (χ2n) is 2.53. The number of carbonyl (C=O) groups is 1. The Morgan fingerprint density at radius 2 is 2.43 bits per heavy atom. The maximum atomic E-state index is 11.0. The smallest absolute Gasteiger partial charge is 0.311 e. The van der Waals surface area contributed by atoms with Gasteiger partial charge in [-0.15, -0.1) is 12.6 Å². The number of hydrogen-bond donors (Lipinski definition) is 1. The van der Waals surface area contributed by atoms with Crippen LogP contribution in [0.15, 0.2) is 17.0 Å². The number of carbonyl (C=O) groups excluding carboxylic acids is 1. The number of rotatable bonds is 2. The first kappa shape index (κ1) is 10.5. The third-order valence-corrected chi connectivity index (χ3v) is 2.01. The minimum atomic E-state index is -0.400. The lowest BCUT2D eigenvalue weighted by Gasteiger charge is -2.02. The summed E-state index contributed by atoms with van der Waals surface area (Å²) in [5.74, 6) is -0.400. The molecular formula is C9H8N2O2S. The van der Waals surface area contributed by atoms with Crippen LogP contribution in [-0.4, -0.2) is 18.1 Å². The van der Waals surface area contributed by atoms with Crippen molar-refractivity contribution >= 4 is 18.6 Å². The van der Waals surface area contributed by atoms with E-state index in [1.54, 1.807) is 12.1 Å². The van der Waals surface area contributed by atoms with Gasteiger partial charge in [0.2, 0.25) is 0 Å². The number of aromatic nitrogens is 1. The van der Waals surface area contributed by atoms with Crippen molar-refractivity contribution in [3.8, 4) is 6.07 Å². The van der Waals surface area contributed by atoms with Gasteiger partial charge in [-0.05, 0) is 12.1 Å². The van der Waals surface area contributed by atoms with Crippen molar-refractivity contribution in [2.24, 2.45) is 0 Å². The largest absolute Gasteiger partial charge is 0.469 e. The first-order valence-electron chi connectivity index (χ1n) is 3.83. The quantitative estimate of drug-likeness (QED) is 0.580. The molecule has 0 bridgehead atoms. The van der Waals surface area contributed by atoms with E-state index >= 15 is 0 Å². The van der Waals surface area contributed by atoms with Crippen LogP contribution in [0.4, 0.5) is 0 Å². The van der Waals surface area contributed by atoms with E-state index in [0.29, 0.717) is 10.6 Å². The van der Waals surface area contributed by atoms with E-state index in [0.717, 1.165) is 0 Å². The van der Waals surface area contributed by atoms with Crippen molar-refractivity contribution in [3.63, 3.8) is 0 Å². The van der Waals surface area contributed by atoms with E-state index in [9.17, 15) is 4.79 Å². The topological polar surface area (TPSA) is 63.0 Å². The lowest BCUT2D eigenvalue weighted by atomic mass is 10.2. The van der Waals surface area contributed by atoms with Crippen LogP contribution in [0.1, 0.15) is 11.4 Å². The van der Waals surface area contributed by atoms with Gasteiger partial charge in [0.25, 0.3) is 0 Å². The zero-order chi connectivity index (χ0) is 10.6.